The van der Waals surface area contributed by atoms with E-state index < -0.39 is 0 Å². The van der Waals surface area contributed by atoms with Crippen LogP contribution in [-0.2, 0) is 11.4 Å². The summed E-state index contributed by atoms with van der Waals surface area (Å²) in [6.07, 6.45) is 4.70. The Morgan fingerprint density at radius 1 is 1.00 bits per heavy atom. The maximum Gasteiger partial charge on any atom is 0.266 e. The largest absolute Gasteiger partial charge is 0.489 e. The number of ether oxygens (including phenoxy) is 1. The first-order chi connectivity index (χ1) is 17.6. The van der Waals surface area contributed by atoms with E-state index in [1.54, 1.807) is 4.90 Å². The first-order valence-corrected chi connectivity index (χ1v) is 13.0. The Bertz CT molecular complexity index is 1410. The molecule has 1 aliphatic rings. The van der Waals surface area contributed by atoms with E-state index in [0.717, 1.165) is 40.2 Å². The first-order valence-electron chi connectivity index (χ1n) is 11.8. The van der Waals surface area contributed by atoms with E-state index in [9.17, 15) is 4.79 Å². The van der Waals surface area contributed by atoms with Gasteiger partial charge in [0.2, 0.25) is 0 Å². The molecule has 0 radical (unpaired) electrons. The second-order valence-electron chi connectivity index (χ2n) is 8.35. The maximum atomic E-state index is 13.0. The number of thioether (sulfide) groups is 1. The summed E-state index contributed by atoms with van der Waals surface area (Å²) in [4.78, 5) is 15.3. The van der Waals surface area contributed by atoms with Gasteiger partial charge >= 0.3 is 0 Å². The predicted molar refractivity (Wildman–Crippen MR) is 150 cm³/mol. The normalized spacial score (nSPS) is 14.6. The topological polar surface area (TPSA) is 47.4 Å². The molecule has 180 valence electrons. The third kappa shape index (κ3) is 5.27. The van der Waals surface area contributed by atoms with Gasteiger partial charge in [0.1, 0.15) is 22.4 Å². The average molecular weight is 512 g/mol. The molecule has 2 heterocycles. The maximum absolute atomic E-state index is 13.0. The molecule has 1 aromatic heterocycles. The number of benzene rings is 3. The number of para-hydroxylation sites is 1. The zero-order valence-corrected chi connectivity index (χ0v) is 21.5. The van der Waals surface area contributed by atoms with E-state index in [-0.39, 0.29) is 5.91 Å². The monoisotopic (exact) mass is 511 g/mol. The molecule has 0 spiro atoms. The zero-order valence-electron chi connectivity index (χ0n) is 19.8. The van der Waals surface area contributed by atoms with Crippen LogP contribution in [0.5, 0.6) is 5.75 Å². The van der Waals surface area contributed by atoms with Gasteiger partial charge in [0, 0.05) is 23.9 Å². The number of thiocarbonyl (C=S) groups is 1. The molecule has 1 amide bonds. The van der Waals surface area contributed by atoms with E-state index in [1.807, 2.05) is 109 Å². The molecule has 0 atom stereocenters. The lowest BCUT2D eigenvalue weighted by Gasteiger charge is -2.11. The molecule has 1 saturated heterocycles. The van der Waals surface area contributed by atoms with Crippen molar-refractivity contribution in [1.29, 1.82) is 0 Å². The van der Waals surface area contributed by atoms with Gasteiger partial charge in [-0.3, -0.25) is 9.69 Å². The Kier molecular flexibility index (Phi) is 7.30. The summed E-state index contributed by atoms with van der Waals surface area (Å²) in [5.74, 6) is 0.705. The molecule has 5 nitrogen and oxygen atoms in total. The summed E-state index contributed by atoms with van der Waals surface area (Å²) in [5.41, 5.74) is 4.56. The van der Waals surface area contributed by atoms with Gasteiger partial charge in [-0.1, -0.05) is 91.6 Å². The van der Waals surface area contributed by atoms with Gasteiger partial charge in [-0.25, -0.2) is 4.68 Å². The highest BCUT2D eigenvalue weighted by atomic mass is 32.2. The molecule has 0 saturated carbocycles. The van der Waals surface area contributed by atoms with Crippen molar-refractivity contribution < 1.29 is 9.53 Å². The average Bonchev–Trinajstić information content (AvgIpc) is 3.45. The van der Waals surface area contributed by atoms with Gasteiger partial charge in [-0.15, -0.1) is 0 Å². The van der Waals surface area contributed by atoms with Gasteiger partial charge in [0.25, 0.3) is 5.91 Å². The Labute approximate surface area is 220 Å². The lowest BCUT2D eigenvalue weighted by Crippen LogP contribution is -2.28. The van der Waals surface area contributed by atoms with Crippen molar-refractivity contribution in [3.05, 3.63) is 107 Å². The Balaban J connectivity index is 1.51. The van der Waals surface area contributed by atoms with Crippen molar-refractivity contribution in [2.45, 2.75) is 20.0 Å². The molecule has 0 bridgehead atoms. The molecular weight excluding hydrogens is 486 g/mol. The van der Waals surface area contributed by atoms with Crippen LogP contribution < -0.4 is 4.74 Å². The van der Waals surface area contributed by atoms with Crippen molar-refractivity contribution >= 4 is 40.3 Å². The standard InChI is InChI=1S/C29H25N3O2S2/c1-2-16-31-28(33)26(36-29(31)35)18-23-19-32(24-13-7-4-8-14-24)30-27(23)22-12-9-15-25(17-22)34-20-21-10-5-3-6-11-21/h3-15,17-19H,2,16,20H2,1H3/b26-18-. The van der Waals surface area contributed by atoms with E-state index in [4.69, 9.17) is 22.1 Å². The summed E-state index contributed by atoms with van der Waals surface area (Å²) in [6, 6.07) is 27.9. The van der Waals surface area contributed by atoms with Crippen LogP contribution in [0.15, 0.2) is 96.0 Å². The minimum absolute atomic E-state index is 0.0507. The highest BCUT2D eigenvalue weighted by Gasteiger charge is 2.31. The highest BCUT2D eigenvalue weighted by molar-refractivity contribution is 8.26. The summed E-state index contributed by atoms with van der Waals surface area (Å²) in [6.45, 7) is 3.14. The van der Waals surface area contributed by atoms with E-state index in [2.05, 4.69) is 0 Å². The fraction of sp³-hybridized carbons (Fsp3) is 0.138. The molecule has 1 fully saturated rings. The molecular formula is C29H25N3O2S2. The molecule has 7 heteroatoms. The van der Waals surface area contributed by atoms with E-state index in [0.29, 0.717) is 22.4 Å². The van der Waals surface area contributed by atoms with Crippen LogP contribution in [0, 0.1) is 0 Å². The minimum Gasteiger partial charge on any atom is -0.489 e. The van der Waals surface area contributed by atoms with E-state index in [1.165, 1.54) is 11.8 Å². The molecule has 36 heavy (non-hydrogen) atoms. The molecule has 1 aliphatic heterocycles. The van der Waals surface area contributed by atoms with Crippen molar-refractivity contribution in [1.82, 2.24) is 14.7 Å². The van der Waals surface area contributed by atoms with Gasteiger partial charge in [-0.2, -0.15) is 5.10 Å². The Hall–Kier alpha value is -3.68. The van der Waals surface area contributed by atoms with Gasteiger partial charge in [0.15, 0.2) is 0 Å². The predicted octanol–water partition coefficient (Wildman–Crippen LogP) is 6.73. The zero-order chi connectivity index (χ0) is 24.9. The minimum atomic E-state index is -0.0507. The van der Waals surface area contributed by atoms with Crippen LogP contribution >= 0.6 is 24.0 Å². The summed E-state index contributed by atoms with van der Waals surface area (Å²) in [5, 5.41) is 4.90. The molecule has 0 aliphatic carbocycles. The Morgan fingerprint density at radius 2 is 1.75 bits per heavy atom. The highest BCUT2D eigenvalue weighted by Crippen LogP contribution is 2.35. The van der Waals surface area contributed by atoms with Crippen LogP contribution in [0.1, 0.15) is 24.5 Å². The van der Waals surface area contributed by atoms with Crippen LogP contribution in [0.25, 0.3) is 23.0 Å². The first kappa shape index (κ1) is 24.0. The van der Waals surface area contributed by atoms with Crippen molar-refractivity contribution in [2.24, 2.45) is 0 Å². The Morgan fingerprint density at radius 3 is 2.50 bits per heavy atom. The molecule has 0 unspecified atom stereocenters. The number of amides is 1. The third-order valence-corrected chi connectivity index (χ3v) is 7.10. The second-order valence-corrected chi connectivity index (χ2v) is 10.0. The van der Waals surface area contributed by atoms with Crippen molar-refractivity contribution in [3.63, 3.8) is 0 Å². The fourth-order valence-electron chi connectivity index (χ4n) is 3.96. The molecule has 3 aromatic carbocycles. The molecule has 4 aromatic rings. The van der Waals surface area contributed by atoms with Crippen molar-refractivity contribution in [3.8, 4) is 22.7 Å². The summed E-state index contributed by atoms with van der Waals surface area (Å²) in [7, 11) is 0. The summed E-state index contributed by atoms with van der Waals surface area (Å²) < 4.78 is 8.50. The quantitative estimate of drug-likeness (QED) is 0.194. The number of carbonyl (C=O) groups is 1. The van der Waals surface area contributed by atoms with Gasteiger partial charge < -0.3 is 4.74 Å². The van der Waals surface area contributed by atoms with Crippen LogP contribution in [0.3, 0.4) is 0 Å². The third-order valence-electron chi connectivity index (χ3n) is 5.73. The lowest BCUT2D eigenvalue weighted by atomic mass is 10.1. The van der Waals surface area contributed by atoms with Crippen LogP contribution in [0.2, 0.25) is 0 Å². The number of aromatic nitrogens is 2. The van der Waals surface area contributed by atoms with Crippen LogP contribution in [-0.4, -0.2) is 31.5 Å². The smallest absolute Gasteiger partial charge is 0.266 e. The summed E-state index contributed by atoms with van der Waals surface area (Å²) >= 11 is 6.80. The number of rotatable bonds is 8. The second kappa shape index (κ2) is 10.9. The van der Waals surface area contributed by atoms with Gasteiger partial charge in [0.05, 0.1) is 10.6 Å². The molecule has 0 N–H and O–H groups in total. The SMILES string of the molecule is CCCN1C(=O)/C(=C/c2cn(-c3ccccc3)nc2-c2cccc(OCc3ccccc3)c2)SC1=S. The number of hydrogen-bond acceptors (Lipinski definition) is 5. The fourth-order valence-corrected chi connectivity index (χ4v) is 5.26. The van der Waals surface area contributed by atoms with Crippen LogP contribution in [0.4, 0.5) is 0 Å². The number of hydrogen-bond donors (Lipinski definition) is 0. The van der Waals surface area contributed by atoms with Crippen molar-refractivity contribution in [2.75, 3.05) is 6.54 Å². The molecule has 5 rings (SSSR count). The lowest BCUT2D eigenvalue weighted by molar-refractivity contribution is -0.122. The number of carbonyl (C=O) groups excluding carboxylic acids is 1. The van der Waals surface area contributed by atoms with E-state index >= 15 is 0 Å². The number of nitrogens with zero attached hydrogens (tertiary/aromatic N) is 3. The van der Waals surface area contributed by atoms with Gasteiger partial charge in [-0.05, 0) is 42.3 Å².